The standard InChI is InChI=1S/C10H17N3O/c1-3-9(11)10(14)12-7-8-5-4-6-13(8)2/h4-6,9H,3,7,11H2,1-2H3,(H,12,14)/t9-/m0/s1. The number of nitrogens with one attached hydrogen (secondary N) is 1. The summed E-state index contributed by atoms with van der Waals surface area (Å²) in [7, 11) is 1.95. The molecule has 0 saturated heterocycles. The SMILES string of the molecule is CC[C@H](N)C(=O)NCc1cccn1C. The fourth-order valence-corrected chi connectivity index (χ4v) is 1.17. The van der Waals surface area contributed by atoms with Gasteiger partial charge in [0.05, 0.1) is 12.6 Å². The Morgan fingerprint density at radius 3 is 2.93 bits per heavy atom. The molecule has 0 saturated carbocycles. The first-order valence-corrected chi connectivity index (χ1v) is 4.78. The van der Waals surface area contributed by atoms with E-state index >= 15 is 0 Å². The van der Waals surface area contributed by atoms with Gasteiger partial charge in [-0.15, -0.1) is 0 Å². The number of hydrogen-bond acceptors (Lipinski definition) is 2. The molecule has 0 aliphatic heterocycles. The first kappa shape index (κ1) is 10.8. The van der Waals surface area contributed by atoms with Crippen LogP contribution in [-0.2, 0) is 18.4 Å². The lowest BCUT2D eigenvalue weighted by molar-refractivity contribution is -0.122. The van der Waals surface area contributed by atoms with Crippen LogP contribution in [0.1, 0.15) is 19.0 Å². The van der Waals surface area contributed by atoms with Gasteiger partial charge in [0.25, 0.3) is 0 Å². The van der Waals surface area contributed by atoms with E-state index in [9.17, 15) is 4.79 Å². The average molecular weight is 195 g/mol. The van der Waals surface area contributed by atoms with E-state index < -0.39 is 6.04 Å². The molecule has 1 rings (SSSR count). The van der Waals surface area contributed by atoms with Crippen LogP contribution in [0.25, 0.3) is 0 Å². The lowest BCUT2D eigenvalue weighted by Crippen LogP contribution is -2.39. The minimum absolute atomic E-state index is 0.0892. The van der Waals surface area contributed by atoms with Gasteiger partial charge >= 0.3 is 0 Å². The second-order valence-electron chi connectivity index (χ2n) is 3.34. The summed E-state index contributed by atoms with van der Waals surface area (Å²) in [4.78, 5) is 11.3. The Bertz CT molecular complexity index is 306. The molecule has 0 spiro atoms. The third-order valence-corrected chi connectivity index (χ3v) is 2.27. The number of nitrogens with two attached hydrogens (primary N) is 1. The lowest BCUT2D eigenvalue weighted by Gasteiger charge is -2.10. The zero-order valence-electron chi connectivity index (χ0n) is 8.66. The van der Waals surface area contributed by atoms with Crippen molar-refractivity contribution in [1.29, 1.82) is 0 Å². The average Bonchev–Trinajstić information content (AvgIpc) is 2.59. The number of carbonyl (C=O) groups excluding carboxylic acids is 1. The van der Waals surface area contributed by atoms with Crippen LogP contribution in [-0.4, -0.2) is 16.5 Å². The molecule has 1 aromatic heterocycles. The van der Waals surface area contributed by atoms with E-state index in [1.54, 1.807) is 0 Å². The fraction of sp³-hybridized carbons (Fsp3) is 0.500. The van der Waals surface area contributed by atoms with Gasteiger partial charge in [0.1, 0.15) is 0 Å². The van der Waals surface area contributed by atoms with Crippen LogP contribution in [0.2, 0.25) is 0 Å². The highest BCUT2D eigenvalue weighted by Crippen LogP contribution is 1.98. The molecule has 0 bridgehead atoms. The maximum absolute atomic E-state index is 11.3. The van der Waals surface area contributed by atoms with Crippen molar-refractivity contribution in [2.75, 3.05) is 0 Å². The number of amides is 1. The van der Waals surface area contributed by atoms with Gasteiger partial charge in [0.15, 0.2) is 0 Å². The van der Waals surface area contributed by atoms with Crippen LogP contribution in [0, 0.1) is 0 Å². The van der Waals surface area contributed by atoms with Crippen LogP contribution < -0.4 is 11.1 Å². The minimum atomic E-state index is -0.393. The van der Waals surface area contributed by atoms with Crippen molar-refractivity contribution in [3.63, 3.8) is 0 Å². The van der Waals surface area contributed by atoms with Gasteiger partial charge in [-0.2, -0.15) is 0 Å². The van der Waals surface area contributed by atoms with Crippen molar-refractivity contribution in [2.45, 2.75) is 25.9 Å². The Balaban J connectivity index is 2.41. The molecule has 1 aromatic rings. The molecule has 14 heavy (non-hydrogen) atoms. The summed E-state index contributed by atoms with van der Waals surface area (Å²) >= 11 is 0. The van der Waals surface area contributed by atoms with E-state index in [1.807, 2.05) is 36.9 Å². The zero-order valence-corrected chi connectivity index (χ0v) is 8.66. The molecular weight excluding hydrogens is 178 g/mol. The van der Waals surface area contributed by atoms with Gasteiger partial charge in [-0.05, 0) is 18.6 Å². The van der Waals surface area contributed by atoms with E-state index in [1.165, 1.54) is 0 Å². The second-order valence-corrected chi connectivity index (χ2v) is 3.34. The molecule has 0 unspecified atom stereocenters. The number of aryl methyl sites for hydroxylation is 1. The Morgan fingerprint density at radius 2 is 2.43 bits per heavy atom. The van der Waals surface area contributed by atoms with Crippen molar-refractivity contribution in [3.8, 4) is 0 Å². The number of carbonyl (C=O) groups is 1. The molecule has 0 aromatic carbocycles. The van der Waals surface area contributed by atoms with Gasteiger partial charge in [-0.3, -0.25) is 4.79 Å². The Labute approximate surface area is 84.1 Å². The molecule has 78 valence electrons. The molecule has 3 N–H and O–H groups in total. The number of rotatable bonds is 4. The Morgan fingerprint density at radius 1 is 1.71 bits per heavy atom. The third-order valence-electron chi connectivity index (χ3n) is 2.27. The lowest BCUT2D eigenvalue weighted by atomic mass is 10.2. The van der Waals surface area contributed by atoms with Crippen LogP contribution in [0.3, 0.4) is 0 Å². The number of hydrogen-bond donors (Lipinski definition) is 2. The van der Waals surface area contributed by atoms with Gasteiger partial charge in [0, 0.05) is 18.9 Å². The van der Waals surface area contributed by atoms with Crippen molar-refractivity contribution in [1.82, 2.24) is 9.88 Å². The summed E-state index contributed by atoms with van der Waals surface area (Å²) in [6.07, 6.45) is 2.61. The molecule has 1 heterocycles. The Kier molecular flexibility index (Phi) is 3.71. The predicted octanol–water partition coefficient (Wildman–Crippen LogP) is 0.379. The topological polar surface area (TPSA) is 60.1 Å². The van der Waals surface area contributed by atoms with E-state index in [0.717, 1.165) is 5.69 Å². The van der Waals surface area contributed by atoms with Crippen LogP contribution in [0.4, 0.5) is 0 Å². The summed E-state index contributed by atoms with van der Waals surface area (Å²) in [6, 6.07) is 3.52. The summed E-state index contributed by atoms with van der Waals surface area (Å²) in [6.45, 7) is 2.43. The van der Waals surface area contributed by atoms with Gasteiger partial charge in [0.2, 0.25) is 5.91 Å². The van der Waals surface area contributed by atoms with Gasteiger partial charge in [-0.25, -0.2) is 0 Å². The molecule has 1 amide bonds. The first-order valence-electron chi connectivity index (χ1n) is 4.78. The Hall–Kier alpha value is -1.29. The quantitative estimate of drug-likeness (QED) is 0.729. The van der Waals surface area contributed by atoms with Gasteiger partial charge in [-0.1, -0.05) is 6.92 Å². The second kappa shape index (κ2) is 4.81. The van der Waals surface area contributed by atoms with E-state index in [-0.39, 0.29) is 5.91 Å². The summed E-state index contributed by atoms with van der Waals surface area (Å²) in [5, 5.41) is 2.79. The highest BCUT2D eigenvalue weighted by molar-refractivity contribution is 5.81. The highest BCUT2D eigenvalue weighted by atomic mass is 16.2. The zero-order chi connectivity index (χ0) is 10.6. The molecule has 0 aliphatic carbocycles. The molecule has 1 atom stereocenters. The minimum Gasteiger partial charge on any atom is -0.353 e. The monoisotopic (exact) mass is 195 g/mol. The molecule has 0 fully saturated rings. The summed E-state index contributed by atoms with van der Waals surface area (Å²) < 4.78 is 1.97. The van der Waals surface area contributed by atoms with Crippen molar-refractivity contribution in [2.24, 2.45) is 12.8 Å². The smallest absolute Gasteiger partial charge is 0.237 e. The number of nitrogens with zero attached hydrogens (tertiary/aromatic N) is 1. The third kappa shape index (κ3) is 2.60. The molecular formula is C10H17N3O. The summed E-state index contributed by atoms with van der Waals surface area (Å²) in [5.41, 5.74) is 6.65. The normalized spacial score (nSPS) is 12.5. The maximum atomic E-state index is 11.3. The van der Waals surface area contributed by atoms with Crippen molar-refractivity contribution in [3.05, 3.63) is 24.0 Å². The van der Waals surface area contributed by atoms with Crippen molar-refractivity contribution < 1.29 is 4.79 Å². The van der Waals surface area contributed by atoms with E-state index in [2.05, 4.69) is 5.32 Å². The highest BCUT2D eigenvalue weighted by Gasteiger charge is 2.10. The molecule has 0 aliphatic rings. The first-order chi connectivity index (χ1) is 6.65. The predicted molar refractivity (Wildman–Crippen MR) is 55.5 cm³/mol. The fourth-order valence-electron chi connectivity index (χ4n) is 1.17. The van der Waals surface area contributed by atoms with E-state index in [0.29, 0.717) is 13.0 Å². The van der Waals surface area contributed by atoms with Crippen molar-refractivity contribution >= 4 is 5.91 Å². The van der Waals surface area contributed by atoms with Crippen LogP contribution in [0.5, 0.6) is 0 Å². The summed E-state index contributed by atoms with van der Waals surface area (Å²) in [5.74, 6) is -0.0892. The van der Waals surface area contributed by atoms with E-state index in [4.69, 9.17) is 5.73 Å². The van der Waals surface area contributed by atoms with Crippen LogP contribution >= 0.6 is 0 Å². The number of aromatic nitrogens is 1. The van der Waals surface area contributed by atoms with Gasteiger partial charge < -0.3 is 15.6 Å². The molecule has 4 nitrogen and oxygen atoms in total. The van der Waals surface area contributed by atoms with Crippen LogP contribution in [0.15, 0.2) is 18.3 Å². The largest absolute Gasteiger partial charge is 0.353 e. The molecule has 0 radical (unpaired) electrons. The maximum Gasteiger partial charge on any atom is 0.237 e. The molecule has 4 heteroatoms.